The molecule has 0 aromatic carbocycles. The Labute approximate surface area is 124 Å². The molecule has 2 aliphatic rings. The summed E-state index contributed by atoms with van der Waals surface area (Å²) in [5, 5.41) is 3.98. The van der Waals surface area contributed by atoms with Gasteiger partial charge in [-0.2, -0.15) is 5.10 Å². The molecule has 116 valence electrons. The van der Waals surface area contributed by atoms with Gasteiger partial charge in [0.1, 0.15) is 12.9 Å². The summed E-state index contributed by atoms with van der Waals surface area (Å²) in [6.07, 6.45) is 4.73. The van der Waals surface area contributed by atoms with Gasteiger partial charge in [-0.3, -0.25) is 9.36 Å². The van der Waals surface area contributed by atoms with Crippen LogP contribution in [0, 0.1) is 10.8 Å². The van der Waals surface area contributed by atoms with Crippen LogP contribution in [0.2, 0.25) is 0 Å². The summed E-state index contributed by atoms with van der Waals surface area (Å²) in [7, 11) is 1.64. The smallest absolute Gasteiger partial charge is 0.338 e. The number of nitrogens with zero attached hydrogens (tertiary/aromatic N) is 4. The van der Waals surface area contributed by atoms with Crippen molar-refractivity contribution in [3.05, 3.63) is 16.8 Å². The van der Waals surface area contributed by atoms with Gasteiger partial charge in [-0.05, 0) is 30.1 Å². The van der Waals surface area contributed by atoms with Crippen LogP contribution in [0.25, 0.3) is 0 Å². The molecule has 1 saturated heterocycles. The summed E-state index contributed by atoms with van der Waals surface area (Å²) in [5.74, 6) is 0.0159. The highest BCUT2D eigenvalue weighted by atomic mass is 16.2. The summed E-state index contributed by atoms with van der Waals surface area (Å²) in [6, 6.07) is 0.311. The van der Waals surface area contributed by atoms with E-state index in [1.54, 1.807) is 7.05 Å². The maximum absolute atomic E-state index is 12.6. The van der Waals surface area contributed by atoms with E-state index in [0.29, 0.717) is 6.04 Å². The van der Waals surface area contributed by atoms with Crippen LogP contribution in [0.15, 0.2) is 11.1 Å². The molecule has 1 aromatic rings. The van der Waals surface area contributed by atoms with Crippen molar-refractivity contribution in [3.63, 3.8) is 0 Å². The average molecular weight is 292 g/mol. The number of amides is 1. The van der Waals surface area contributed by atoms with Crippen molar-refractivity contribution in [2.45, 2.75) is 52.6 Å². The molecule has 0 N–H and O–H groups in total. The monoisotopic (exact) mass is 292 g/mol. The first-order chi connectivity index (χ1) is 9.69. The number of carbonyl (C=O) groups is 1. The predicted molar refractivity (Wildman–Crippen MR) is 78.7 cm³/mol. The van der Waals surface area contributed by atoms with E-state index >= 15 is 0 Å². The van der Waals surface area contributed by atoms with Gasteiger partial charge in [0.15, 0.2) is 0 Å². The number of fused-ring (bicyclic) bond motifs is 2. The molecule has 1 aliphatic heterocycles. The molecule has 2 unspecified atom stereocenters. The highest BCUT2D eigenvalue weighted by Crippen LogP contribution is 2.52. The Morgan fingerprint density at radius 2 is 2.10 bits per heavy atom. The minimum Gasteiger partial charge on any atom is -0.338 e. The van der Waals surface area contributed by atoms with E-state index < -0.39 is 0 Å². The van der Waals surface area contributed by atoms with Crippen LogP contribution in [-0.4, -0.2) is 37.7 Å². The van der Waals surface area contributed by atoms with Gasteiger partial charge < -0.3 is 4.90 Å². The molecule has 1 amide bonds. The molecule has 21 heavy (non-hydrogen) atoms. The minimum atomic E-state index is -0.239. The maximum Gasteiger partial charge on any atom is 0.345 e. The first-order valence-electron chi connectivity index (χ1n) is 7.57. The average Bonchev–Trinajstić information content (AvgIpc) is 2.78. The fourth-order valence-corrected chi connectivity index (χ4v) is 4.50. The highest BCUT2D eigenvalue weighted by Gasteiger charge is 2.50. The predicted octanol–water partition coefficient (Wildman–Crippen LogP) is 1.01. The van der Waals surface area contributed by atoms with E-state index in [2.05, 4.69) is 25.9 Å². The minimum absolute atomic E-state index is 0.0159. The van der Waals surface area contributed by atoms with Crippen LogP contribution in [0.1, 0.15) is 40.0 Å². The lowest BCUT2D eigenvalue weighted by atomic mass is 9.65. The zero-order chi connectivity index (χ0) is 15.4. The largest absolute Gasteiger partial charge is 0.345 e. The number of likely N-dealkylation sites (tertiary alicyclic amines) is 1. The SMILES string of the molecule is Cn1cnn(CC(=O)N2CC3(C)CC2CC(C)(C)C3)c1=O. The first kappa shape index (κ1) is 14.4. The Balaban J connectivity index is 1.77. The molecule has 1 aliphatic carbocycles. The Morgan fingerprint density at radius 3 is 2.71 bits per heavy atom. The number of aryl methyl sites for hydroxylation is 1. The molecule has 6 heteroatoms. The molecule has 0 spiro atoms. The number of hydrogen-bond acceptors (Lipinski definition) is 3. The van der Waals surface area contributed by atoms with Gasteiger partial charge in [0.2, 0.25) is 5.91 Å². The fraction of sp³-hybridized carbons (Fsp3) is 0.800. The molecular formula is C15H24N4O2. The second-order valence-electron chi connectivity index (χ2n) is 7.92. The van der Waals surface area contributed by atoms with E-state index in [-0.39, 0.29) is 29.0 Å². The van der Waals surface area contributed by atoms with Crippen molar-refractivity contribution < 1.29 is 4.79 Å². The van der Waals surface area contributed by atoms with Crippen LogP contribution in [0.4, 0.5) is 0 Å². The second-order valence-corrected chi connectivity index (χ2v) is 7.92. The molecule has 2 fully saturated rings. The van der Waals surface area contributed by atoms with Crippen molar-refractivity contribution >= 4 is 5.91 Å². The Kier molecular flexibility index (Phi) is 3.04. The zero-order valence-corrected chi connectivity index (χ0v) is 13.3. The van der Waals surface area contributed by atoms with Crippen LogP contribution < -0.4 is 5.69 Å². The number of rotatable bonds is 2. The highest BCUT2D eigenvalue weighted by molar-refractivity contribution is 5.76. The molecule has 3 rings (SSSR count). The molecule has 1 aromatic heterocycles. The van der Waals surface area contributed by atoms with Crippen molar-refractivity contribution in [2.75, 3.05) is 6.54 Å². The quantitative estimate of drug-likeness (QED) is 0.817. The van der Waals surface area contributed by atoms with Gasteiger partial charge >= 0.3 is 5.69 Å². The molecule has 2 heterocycles. The standard InChI is InChI=1S/C15H24N4O2/c1-14(2)5-11-6-15(3,8-14)9-18(11)12(20)7-19-13(21)17(4)10-16-19/h10-11H,5-9H2,1-4H3. The third kappa shape index (κ3) is 2.51. The van der Waals surface area contributed by atoms with E-state index in [9.17, 15) is 9.59 Å². The number of carbonyl (C=O) groups excluding carboxylic acids is 1. The van der Waals surface area contributed by atoms with Gasteiger partial charge in [0.05, 0.1) is 0 Å². The van der Waals surface area contributed by atoms with E-state index in [4.69, 9.17) is 0 Å². The van der Waals surface area contributed by atoms with Crippen molar-refractivity contribution in [1.29, 1.82) is 0 Å². The lowest BCUT2D eigenvalue weighted by Crippen LogP contribution is -2.41. The molecule has 6 nitrogen and oxygen atoms in total. The van der Waals surface area contributed by atoms with Gasteiger partial charge in [-0.15, -0.1) is 0 Å². The summed E-state index contributed by atoms with van der Waals surface area (Å²) in [4.78, 5) is 26.4. The summed E-state index contributed by atoms with van der Waals surface area (Å²) < 4.78 is 2.64. The second kappa shape index (κ2) is 4.45. The van der Waals surface area contributed by atoms with Crippen LogP contribution in [-0.2, 0) is 18.4 Å². The van der Waals surface area contributed by atoms with Gasteiger partial charge in [0, 0.05) is 19.6 Å². The van der Waals surface area contributed by atoms with E-state index in [1.807, 2.05) is 4.90 Å². The Hall–Kier alpha value is -1.59. The van der Waals surface area contributed by atoms with Crippen molar-refractivity contribution in [3.8, 4) is 0 Å². The van der Waals surface area contributed by atoms with Gasteiger partial charge in [-0.1, -0.05) is 20.8 Å². The summed E-state index contributed by atoms with van der Waals surface area (Å²) >= 11 is 0. The fourth-order valence-electron chi connectivity index (χ4n) is 4.50. The van der Waals surface area contributed by atoms with Crippen LogP contribution >= 0.6 is 0 Å². The molecule has 1 saturated carbocycles. The zero-order valence-electron chi connectivity index (χ0n) is 13.3. The normalized spacial score (nSPS) is 30.7. The van der Waals surface area contributed by atoms with E-state index in [0.717, 1.165) is 25.8 Å². The maximum atomic E-state index is 12.6. The Morgan fingerprint density at radius 1 is 1.38 bits per heavy atom. The van der Waals surface area contributed by atoms with Gasteiger partial charge in [-0.25, -0.2) is 9.48 Å². The topological polar surface area (TPSA) is 60.1 Å². The molecular weight excluding hydrogens is 268 g/mol. The first-order valence-corrected chi connectivity index (χ1v) is 7.57. The van der Waals surface area contributed by atoms with Crippen LogP contribution in [0.5, 0.6) is 0 Å². The third-order valence-electron chi connectivity index (χ3n) is 4.91. The number of aromatic nitrogens is 3. The number of hydrogen-bond donors (Lipinski definition) is 0. The lowest BCUT2D eigenvalue weighted by Gasteiger charge is -2.39. The molecule has 0 radical (unpaired) electrons. The van der Waals surface area contributed by atoms with E-state index in [1.165, 1.54) is 15.6 Å². The Bertz CT molecular complexity index is 630. The van der Waals surface area contributed by atoms with Crippen molar-refractivity contribution in [1.82, 2.24) is 19.2 Å². The lowest BCUT2D eigenvalue weighted by molar-refractivity contribution is -0.133. The molecule has 2 atom stereocenters. The summed E-state index contributed by atoms with van der Waals surface area (Å²) in [6.45, 7) is 7.71. The third-order valence-corrected chi connectivity index (χ3v) is 4.91. The van der Waals surface area contributed by atoms with Crippen molar-refractivity contribution in [2.24, 2.45) is 17.9 Å². The molecule has 2 bridgehead atoms. The van der Waals surface area contributed by atoms with Crippen LogP contribution in [0.3, 0.4) is 0 Å². The van der Waals surface area contributed by atoms with Gasteiger partial charge in [0.25, 0.3) is 0 Å². The summed E-state index contributed by atoms with van der Waals surface area (Å²) in [5.41, 5.74) is 0.267.